The van der Waals surface area contributed by atoms with E-state index in [1.54, 1.807) is 6.20 Å². The van der Waals surface area contributed by atoms with E-state index >= 15 is 0 Å². The van der Waals surface area contributed by atoms with Crippen LogP contribution < -0.4 is 10.2 Å². The molecule has 3 rings (SSSR count). The molecule has 0 fully saturated rings. The predicted octanol–water partition coefficient (Wildman–Crippen LogP) is 3.69. The van der Waals surface area contributed by atoms with Crippen molar-refractivity contribution in [2.75, 3.05) is 18.0 Å². The second kappa shape index (κ2) is 10.7. The zero-order valence-electron chi connectivity index (χ0n) is 16.9. The lowest BCUT2D eigenvalue weighted by Gasteiger charge is -2.23. The fraction of sp³-hybridized carbons (Fsp3) is 0.364. The molecule has 6 nitrogen and oxygen atoms in total. The van der Waals surface area contributed by atoms with E-state index in [1.165, 1.54) is 17.1 Å². The fourth-order valence-electron chi connectivity index (χ4n) is 2.95. The first kappa shape index (κ1) is 20.9. The number of carbonyl (C=O) groups is 1. The van der Waals surface area contributed by atoms with Gasteiger partial charge >= 0.3 is 0 Å². The van der Waals surface area contributed by atoms with E-state index in [4.69, 9.17) is 4.98 Å². The van der Waals surface area contributed by atoms with E-state index in [9.17, 15) is 4.79 Å². The zero-order valence-corrected chi connectivity index (χ0v) is 17.7. The molecule has 7 heteroatoms. The van der Waals surface area contributed by atoms with E-state index in [0.717, 1.165) is 29.6 Å². The highest BCUT2D eigenvalue weighted by atomic mass is 32.1. The average Bonchev–Trinajstić information content (AvgIpc) is 3.19. The van der Waals surface area contributed by atoms with Gasteiger partial charge in [0.05, 0.1) is 12.2 Å². The lowest BCUT2D eigenvalue weighted by atomic mass is 10.1. The van der Waals surface area contributed by atoms with Crippen molar-refractivity contribution in [2.45, 2.75) is 33.2 Å². The van der Waals surface area contributed by atoms with Crippen LogP contribution in [0, 0.1) is 5.92 Å². The summed E-state index contributed by atoms with van der Waals surface area (Å²) in [5.74, 6) is 1.30. The Morgan fingerprint density at radius 1 is 1.14 bits per heavy atom. The monoisotopic (exact) mass is 409 g/mol. The summed E-state index contributed by atoms with van der Waals surface area (Å²) in [7, 11) is 0. The minimum absolute atomic E-state index is 0.0124. The van der Waals surface area contributed by atoms with Gasteiger partial charge < -0.3 is 10.2 Å². The van der Waals surface area contributed by atoms with Crippen LogP contribution in [0.3, 0.4) is 0 Å². The number of benzene rings is 1. The summed E-state index contributed by atoms with van der Waals surface area (Å²) in [5, 5.41) is 3.81. The molecule has 0 spiro atoms. The first-order chi connectivity index (χ1) is 14.1. The Morgan fingerprint density at radius 3 is 2.66 bits per heavy atom. The smallest absolute Gasteiger partial charge is 0.222 e. The molecule has 0 radical (unpaired) electrons. The van der Waals surface area contributed by atoms with Crippen molar-refractivity contribution in [1.82, 2.24) is 19.7 Å². The van der Waals surface area contributed by atoms with Crippen LogP contribution in [-0.2, 0) is 17.8 Å². The molecule has 0 saturated carbocycles. The molecule has 1 aromatic carbocycles. The second-order valence-corrected chi connectivity index (χ2v) is 8.07. The van der Waals surface area contributed by atoms with Gasteiger partial charge in [-0.1, -0.05) is 50.2 Å². The highest BCUT2D eigenvalue weighted by molar-refractivity contribution is 7.09. The summed E-state index contributed by atoms with van der Waals surface area (Å²) >= 11 is 1.40. The molecule has 2 heterocycles. The lowest BCUT2D eigenvalue weighted by molar-refractivity contribution is -0.121. The van der Waals surface area contributed by atoms with Crippen molar-refractivity contribution in [1.29, 1.82) is 0 Å². The average molecular weight is 410 g/mol. The van der Waals surface area contributed by atoms with Crippen LogP contribution in [0.2, 0.25) is 0 Å². The maximum Gasteiger partial charge on any atom is 0.222 e. The molecule has 152 valence electrons. The van der Waals surface area contributed by atoms with Gasteiger partial charge in [-0.25, -0.2) is 4.98 Å². The highest BCUT2D eigenvalue weighted by Crippen LogP contribution is 2.20. The third kappa shape index (κ3) is 6.94. The van der Waals surface area contributed by atoms with Gasteiger partial charge in [-0.15, -0.1) is 0 Å². The second-order valence-electron chi connectivity index (χ2n) is 7.34. The van der Waals surface area contributed by atoms with Gasteiger partial charge in [-0.2, -0.15) is 4.37 Å². The maximum atomic E-state index is 12.3. The number of rotatable bonds is 10. The fourth-order valence-corrected chi connectivity index (χ4v) is 3.67. The summed E-state index contributed by atoms with van der Waals surface area (Å²) in [4.78, 5) is 23.4. The molecule has 29 heavy (non-hydrogen) atoms. The summed E-state index contributed by atoms with van der Waals surface area (Å²) < 4.78 is 4.52. The van der Waals surface area contributed by atoms with Crippen LogP contribution >= 0.6 is 11.5 Å². The Bertz CT molecular complexity index is 882. The van der Waals surface area contributed by atoms with Gasteiger partial charge in [-0.05, 0) is 23.6 Å². The van der Waals surface area contributed by atoms with E-state index < -0.39 is 0 Å². The number of pyridine rings is 1. The number of carbonyl (C=O) groups excluding carboxylic acids is 1. The summed E-state index contributed by atoms with van der Waals surface area (Å²) in [6, 6.07) is 15.9. The largest absolute Gasteiger partial charge is 0.350 e. The summed E-state index contributed by atoms with van der Waals surface area (Å²) in [6.07, 6.45) is 2.86. The molecule has 3 aromatic rings. The molecule has 2 aromatic heterocycles. The molecular formula is C22H27N5OS. The Labute approximate surface area is 176 Å². The van der Waals surface area contributed by atoms with Crippen LogP contribution in [0.1, 0.15) is 37.4 Å². The van der Waals surface area contributed by atoms with Gasteiger partial charge in [0, 0.05) is 43.7 Å². The normalized spacial score (nSPS) is 10.9. The highest BCUT2D eigenvalue weighted by Gasteiger charge is 2.16. The Balaban J connectivity index is 1.55. The molecular weight excluding hydrogens is 382 g/mol. The summed E-state index contributed by atoms with van der Waals surface area (Å²) in [5.41, 5.74) is 2.05. The SMILES string of the molecule is CC(C)CN(CCC(=O)NCc1ccccn1)c1nc(Cc2ccccc2)ns1. The van der Waals surface area contributed by atoms with Gasteiger partial charge in [0.15, 0.2) is 0 Å². The predicted molar refractivity (Wildman–Crippen MR) is 117 cm³/mol. The molecule has 1 N–H and O–H groups in total. The third-order valence-electron chi connectivity index (χ3n) is 4.32. The number of nitrogens with zero attached hydrogens (tertiary/aromatic N) is 4. The number of amides is 1. The van der Waals surface area contributed by atoms with Crippen molar-refractivity contribution in [2.24, 2.45) is 5.92 Å². The summed E-state index contributed by atoms with van der Waals surface area (Å²) in [6.45, 7) is 6.24. The molecule has 0 bridgehead atoms. The maximum absolute atomic E-state index is 12.3. The van der Waals surface area contributed by atoms with E-state index in [1.807, 2.05) is 36.4 Å². The molecule has 1 amide bonds. The minimum Gasteiger partial charge on any atom is -0.350 e. The Hall–Kier alpha value is -2.80. The van der Waals surface area contributed by atoms with Gasteiger partial charge in [-0.3, -0.25) is 9.78 Å². The first-order valence-corrected chi connectivity index (χ1v) is 10.7. The van der Waals surface area contributed by atoms with Crippen molar-refractivity contribution in [3.05, 3.63) is 71.8 Å². The van der Waals surface area contributed by atoms with Crippen molar-refractivity contribution >= 4 is 22.6 Å². The van der Waals surface area contributed by atoms with Crippen LogP contribution in [0.4, 0.5) is 5.13 Å². The van der Waals surface area contributed by atoms with Gasteiger partial charge in [0.2, 0.25) is 11.0 Å². The molecule has 0 saturated heterocycles. The first-order valence-electron chi connectivity index (χ1n) is 9.88. The molecule has 0 aliphatic carbocycles. The number of hydrogen-bond acceptors (Lipinski definition) is 6. The molecule has 0 aliphatic rings. The van der Waals surface area contributed by atoms with Crippen LogP contribution in [-0.4, -0.2) is 33.3 Å². The number of anilines is 1. The number of aromatic nitrogens is 3. The molecule has 0 atom stereocenters. The van der Waals surface area contributed by atoms with E-state index in [0.29, 0.717) is 25.4 Å². The zero-order chi connectivity index (χ0) is 20.5. The lowest BCUT2D eigenvalue weighted by Crippen LogP contribution is -2.33. The van der Waals surface area contributed by atoms with Crippen LogP contribution in [0.5, 0.6) is 0 Å². The third-order valence-corrected chi connectivity index (χ3v) is 5.13. The quantitative estimate of drug-likeness (QED) is 0.553. The number of hydrogen-bond donors (Lipinski definition) is 1. The van der Waals surface area contributed by atoms with E-state index in [-0.39, 0.29) is 5.91 Å². The van der Waals surface area contributed by atoms with Crippen LogP contribution in [0.25, 0.3) is 0 Å². The van der Waals surface area contributed by atoms with E-state index in [2.05, 4.69) is 45.6 Å². The van der Waals surface area contributed by atoms with Gasteiger partial charge in [0.1, 0.15) is 5.82 Å². The van der Waals surface area contributed by atoms with Crippen molar-refractivity contribution in [3.8, 4) is 0 Å². The number of nitrogens with one attached hydrogen (secondary N) is 1. The van der Waals surface area contributed by atoms with Crippen molar-refractivity contribution in [3.63, 3.8) is 0 Å². The van der Waals surface area contributed by atoms with Crippen LogP contribution in [0.15, 0.2) is 54.7 Å². The Kier molecular flexibility index (Phi) is 7.69. The minimum atomic E-state index is 0.0124. The molecule has 0 unspecified atom stereocenters. The topological polar surface area (TPSA) is 71.0 Å². The van der Waals surface area contributed by atoms with Gasteiger partial charge in [0.25, 0.3) is 0 Å². The standard InChI is InChI=1S/C22H27N5OS/c1-17(2)16-27(13-11-21(28)24-15-19-10-6-7-12-23-19)22-25-20(26-29-22)14-18-8-4-3-5-9-18/h3-10,12,17H,11,13-16H2,1-2H3,(H,24,28). The van der Waals surface area contributed by atoms with Crippen molar-refractivity contribution < 1.29 is 4.79 Å². The molecule has 0 aliphatic heterocycles. The Morgan fingerprint density at radius 2 is 1.93 bits per heavy atom.